The third-order valence-electron chi connectivity index (χ3n) is 3.73. The highest BCUT2D eigenvalue weighted by Gasteiger charge is 2.21. The van der Waals surface area contributed by atoms with E-state index >= 15 is 0 Å². The number of hydrogen-bond acceptors (Lipinski definition) is 7. The Labute approximate surface area is 146 Å². The Kier molecular flexibility index (Phi) is 3.66. The Hall–Kier alpha value is -3.26. The molecule has 4 rings (SSSR count). The number of anilines is 1. The molecule has 0 bridgehead atoms. The second-order valence-electron chi connectivity index (χ2n) is 5.30. The molecule has 0 atom stereocenters. The van der Waals surface area contributed by atoms with E-state index in [9.17, 15) is 4.79 Å². The van der Waals surface area contributed by atoms with Crippen LogP contribution < -0.4 is 5.73 Å². The van der Waals surface area contributed by atoms with Gasteiger partial charge in [0.25, 0.3) is 0 Å². The first-order valence-corrected chi connectivity index (χ1v) is 7.69. The van der Waals surface area contributed by atoms with Crippen molar-refractivity contribution in [2.75, 3.05) is 5.73 Å². The van der Waals surface area contributed by atoms with Crippen LogP contribution in [0.3, 0.4) is 0 Å². The topological polar surface area (TPSA) is 113 Å². The third kappa shape index (κ3) is 2.72. The van der Waals surface area contributed by atoms with E-state index in [0.717, 1.165) is 5.52 Å². The predicted molar refractivity (Wildman–Crippen MR) is 91.0 cm³/mol. The highest BCUT2D eigenvalue weighted by Crippen LogP contribution is 2.26. The van der Waals surface area contributed by atoms with Gasteiger partial charge in [-0.1, -0.05) is 23.7 Å². The van der Waals surface area contributed by atoms with Gasteiger partial charge in [-0.25, -0.2) is 14.6 Å². The van der Waals surface area contributed by atoms with Gasteiger partial charge in [0.1, 0.15) is 5.15 Å². The molecule has 2 N–H and O–H groups in total. The van der Waals surface area contributed by atoms with Crippen LogP contribution in [0.15, 0.2) is 47.2 Å². The Morgan fingerprint density at radius 3 is 2.76 bits per heavy atom. The van der Waals surface area contributed by atoms with Crippen LogP contribution in [0.4, 0.5) is 5.82 Å². The maximum absolute atomic E-state index is 12.7. The van der Waals surface area contributed by atoms with Crippen molar-refractivity contribution in [2.45, 2.75) is 6.54 Å². The van der Waals surface area contributed by atoms with Gasteiger partial charge in [-0.3, -0.25) is 4.79 Å². The molecule has 0 aliphatic carbocycles. The number of nitrogen functional groups attached to an aromatic ring is 1. The zero-order chi connectivity index (χ0) is 17.4. The van der Waals surface area contributed by atoms with Crippen LogP contribution in [0, 0.1) is 0 Å². The summed E-state index contributed by atoms with van der Waals surface area (Å²) >= 11 is 5.77. The molecule has 3 aromatic heterocycles. The van der Waals surface area contributed by atoms with Gasteiger partial charge in [-0.15, -0.1) is 0 Å². The number of halogens is 1. The lowest BCUT2D eigenvalue weighted by molar-refractivity contribution is 0.0973. The fourth-order valence-corrected chi connectivity index (χ4v) is 2.65. The summed E-state index contributed by atoms with van der Waals surface area (Å²) in [6.45, 7) is 0.0332. The molecule has 0 saturated heterocycles. The predicted octanol–water partition coefficient (Wildman–Crippen LogP) is 2.60. The minimum Gasteiger partial charge on any atom is -0.379 e. The number of ketones is 1. The van der Waals surface area contributed by atoms with Crippen molar-refractivity contribution in [1.29, 1.82) is 0 Å². The van der Waals surface area contributed by atoms with Crippen LogP contribution in [-0.4, -0.2) is 30.6 Å². The minimum absolute atomic E-state index is 0.0332. The maximum atomic E-state index is 12.7. The van der Waals surface area contributed by atoms with Crippen molar-refractivity contribution in [2.24, 2.45) is 0 Å². The van der Waals surface area contributed by atoms with E-state index in [1.165, 1.54) is 6.20 Å². The standard InChI is InChI=1S/C16H11ClN6O2/c17-13-6-5-9(7-19-13)12(24)8-23-11-4-2-1-3-10(11)20-16(23)14-15(18)22-25-21-14/h1-7H,8H2,(H2,18,22). The summed E-state index contributed by atoms with van der Waals surface area (Å²) in [7, 11) is 0. The number of Topliss-reactive ketones (excluding diaryl/α,β-unsaturated/α-hetero) is 1. The monoisotopic (exact) mass is 354 g/mol. The fourth-order valence-electron chi connectivity index (χ4n) is 2.54. The van der Waals surface area contributed by atoms with Gasteiger partial charge in [0.05, 0.1) is 17.6 Å². The molecule has 3 heterocycles. The van der Waals surface area contributed by atoms with Crippen LogP contribution in [-0.2, 0) is 6.54 Å². The van der Waals surface area contributed by atoms with Crippen molar-refractivity contribution in [3.63, 3.8) is 0 Å². The summed E-state index contributed by atoms with van der Waals surface area (Å²) in [6, 6.07) is 10.6. The second kappa shape index (κ2) is 5.99. The highest BCUT2D eigenvalue weighted by atomic mass is 35.5. The third-order valence-corrected chi connectivity index (χ3v) is 3.95. The zero-order valence-corrected chi connectivity index (χ0v) is 13.5. The molecule has 1 aromatic carbocycles. The molecular formula is C16H11ClN6O2. The minimum atomic E-state index is -0.149. The summed E-state index contributed by atoms with van der Waals surface area (Å²) < 4.78 is 6.39. The lowest BCUT2D eigenvalue weighted by atomic mass is 10.2. The number of hydrogen-bond donors (Lipinski definition) is 1. The summed E-state index contributed by atoms with van der Waals surface area (Å²) in [5.41, 5.74) is 8.01. The Morgan fingerprint density at radius 1 is 1.20 bits per heavy atom. The van der Waals surface area contributed by atoms with E-state index in [1.54, 1.807) is 16.7 Å². The summed E-state index contributed by atoms with van der Waals surface area (Å²) in [5, 5.41) is 7.70. The number of carbonyl (C=O) groups is 1. The van der Waals surface area contributed by atoms with E-state index in [1.807, 2.05) is 24.3 Å². The van der Waals surface area contributed by atoms with E-state index in [2.05, 4.69) is 24.9 Å². The van der Waals surface area contributed by atoms with Crippen LogP contribution in [0.25, 0.3) is 22.6 Å². The Morgan fingerprint density at radius 2 is 2.04 bits per heavy atom. The van der Waals surface area contributed by atoms with Gasteiger partial charge < -0.3 is 10.3 Å². The number of carbonyl (C=O) groups excluding carboxylic acids is 1. The first-order valence-electron chi connectivity index (χ1n) is 7.32. The van der Waals surface area contributed by atoms with Crippen LogP contribution >= 0.6 is 11.6 Å². The SMILES string of the molecule is Nc1nonc1-c1nc2ccccc2n1CC(=O)c1ccc(Cl)nc1. The molecule has 124 valence electrons. The van der Waals surface area contributed by atoms with Gasteiger partial charge in [-0.05, 0) is 34.6 Å². The normalized spacial score (nSPS) is 11.1. The van der Waals surface area contributed by atoms with E-state index in [-0.39, 0.29) is 18.1 Å². The largest absolute Gasteiger partial charge is 0.379 e. The molecule has 4 aromatic rings. The van der Waals surface area contributed by atoms with Crippen molar-refractivity contribution in [3.8, 4) is 11.5 Å². The molecule has 9 heteroatoms. The molecule has 0 spiro atoms. The number of benzene rings is 1. The number of para-hydroxylation sites is 2. The van der Waals surface area contributed by atoms with Crippen molar-refractivity contribution >= 4 is 34.2 Å². The molecule has 0 aliphatic heterocycles. The Balaban J connectivity index is 1.81. The molecular weight excluding hydrogens is 344 g/mol. The second-order valence-corrected chi connectivity index (χ2v) is 5.69. The average Bonchev–Trinajstić information content (AvgIpc) is 3.19. The van der Waals surface area contributed by atoms with E-state index < -0.39 is 0 Å². The number of rotatable bonds is 4. The first-order chi connectivity index (χ1) is 12.1. The number of imidazole rings is 1. The number of nitrogens with zero attached hydrogens (tertiary/aromatic N) is 5. The lowest BCUT2D eigenvalue weighted by Gasteiger charge is -2.07. The molecule has 8 nitrogen and oxygen atoms in total. The van der Waals surface area contributed by atoms with Gasteiger partial charge in [0.2, 0.25) is 0 Å². The Bertz CT molecular complexity index is 1070. The number of aromatic nitrogens is 5. The smallest absolute Gasteiger partial charge is 0.199 e. The number of fused-ring (bicyclic) bond motifs is 1. The highest BCUT2D eigenvalue weighted by molar-refractivity contribution is 6.29. The number of pyridine rings is 1. The van der Waals surface area contributed by atoms with Gasteiger partial charge in [0.15, 0.2) is 23.1 Å². The molecule has 25 heavy (non-hydrogen) atoms. The van der Waals surface area contributed by atoms with Crippen molar-refractivity contribution in [3.05, 3.63) is 53.3 Å². The quantitative estimate of drug-likeness (QED) is 0.442. The average molecular weight is 355 g/mol. The van der Waals surface area contributed by atoms with Crippen molar-refractivity contribution in [1.82, 2.24) is 24.8 Å². The molecule has 0 fully saturated rings. The molecule has 0 radical (unpaired) electrons. The molecule has 0 amide bonds. The maximum Gasteiger partial charge on any atom is 0.199 e. The first kappa shape index (κ1) is 15.3. The van der Waals surface area contributed by atoms with Gasteiger partial charge >= 0.3 is 0 Å². The van der Waals surface area contributed by atoms with E-state index in [0.29, 0.717) is 27.8 Å². The summed E-state index contributed by atoms with van der Waals surface area (Å²) in [6.07, 6.45) is 1.44. The summed E-state index contributed by atoms with van der Waals surface area (Å²) in [4.78, 5) is 21.1. The fraction of sp³-hybridized carbons (Fsp3) is 0.0625. The molecule has 0 saturated carbocycles. The lowest BCUT2D eigenvalue weighted by Crippen LogP contribution is -2.12. The van der Waals surface area contributed by atoms with Crippen LogP contribution in [0.1, 0.15) is 10.4 Å². The van der Waals surface area contributed by atoms with Gasteiger partial charge in [-0.2, -0.15) is 0 Å². The summed E-state index contributed by atoms with van der Waals surface area (Å²) in [5.74, 6) is 0.371. The van der Waals surface area contributed by atoms with E-state index in [4.69, 9.17) is 17.3 Å². The van der Waals surface area contributed by atoms with Crippen molar-refractivity contribution < 1.29 is 9.42 Å². The molecule has 0 unspecified atom stereocenters. The van der Waals surface area contributed by atoms with Crippen LogP contribution in [0.2, 0.25) is 5.15 Å². The van der Waals surface area contributed by atoms with Gasteiger partial charge in [0, 0.05) is 11.8 Å². The zero-order valence-electron chi connectivity index (χ0n) is 12.8. The number of nitrogens with two attached hydrogens (primary N) is 1. The van der Waals surface area contributed by atoms with Crippen LogP contribution in [0.5, 0.6) is 0 Å². The molecule has 0 aliphatic rings.